The maximum atomic E-state index is 12.4. The molecule has 102 valence electrons. The van der Waals surface area contributed by atoms with Crippen LogP contribution in [0.25, 0.3) is 0 Å². The lowest BCUT2D eigenvalue weighted by Gasteiger charge is -2.23. The number of amides is 1. The first-order valence-corrected chi connectivity index (χ1v) is 8.29. The maximum Gasteiger partial charge on any atom is 0.252 e. The third-order valence-electron chi connectivity index (χ3n) is 4.49. The van der Waals surface area contributed by atoms with E-state index in [4.69, 9.17) is 0 Å². The summed E-state index contributed by atoms with van der Waals surface area (Å²) < 4.78 is 0. The molecule has 3 rings (SSSR count). The zero-order valence-electron chi connectivity index (χ0n) is 11.4. The van der Waals surface area contributed by atoms with Crippen molar-refractivity contribution in [3.05, 3.63) is 29.8 Å². The molecule has 0 heterocycles. The van der Waals surface area contributed by atoms with Gasteiger partial charge in [-0.3, -0.25) is 4.79 Å². The van der Waals surface area contributed by atoms with Gasteiger partial charge in [-0.15, -0.1) is 11.8 Å². The molecule has 0 radical (unpaired) electrons. The van der Waals surface area contributed by atoms with Crippen molar-refractivity contribution < 1.29 is 4.79 Å². The highest BCUT2D eigenvalue weighted by atomic mass is 32.2. The van der Waals surface area contributed by atoms with E-state index in [0.29, 0.717) is 6.04 Å². The van der Waals surface area contributed by atoms with Gasteiger partial charge in [0, 0.05) is 10.9 Å². The quantitative estimate of drug-likeness (QED) is 0.849. The summed E-state index contributed by atoms with van der Waals surface area (Å²) in [5.74, 6) is 2.72. The average Bonchev–Trinajstić information content (AvgIpc) is 3.02. The van der Waals surface area contributed by atoms with Gasteiger partial charge in [0.2, 0.25) is 0 Å². The van der Waals surface area contributed by atoms with Crippen molar-refractivity contribution >= 4 is 17.7 Å². The molecular weight excluding hydrogens is 254 g/mol. The zero-order chi connectivity index (χ0) is 13.2. The van der Waals surface area contributed by atoms with E-state index in [-0.39, 0.29) is 5.91 Å². The van der Waals surface area contributed by atoms with E-state index in [1.54, 1.807) is 11.8 Å². The Labute approximate surface area is 119 Å². The zero-order valence-corrected chi connectivity index (χ0v) is 12.2. The van der Waals surface area contributed by atoms with Crippen LogP contribution < -0.4 is 5.32 Å². The van der Waals surface area contributed by atoms with Gasteiger partial charge < -0.3 is 5.32 Å². The highest BCUT2D eigenvalue weighted by molar-refractivity contribution is 7.99. The lowest BCUT2D eigenvalue weighted by Crippen LogP contribution is -2.38. The molecule has 1 aromatic rings. The van der Waals surface area contributed by atoms with Crippen LogP contribution in [0.3, 0.4) is 0 Å². The molecule has 2 bridgehead atoms. The molecule has 1 amide bonds. The molecule has 2 aliphatic rings. The fourth-order valence-corrected chi connectivity index (χ4v) is 4.41. The van der Waals surface area contributed by atoms with E-state index in [0.717, 1.165) is 28.0 Å². The molecule has 1 aromatic carbocycles. The molecule has 0 spiro atoms. The Kier molecular flexibility index (Phi) is 3.83. The first-order valence-electron chi connectivity index (χ1n) is 7.30. The van der Waals surface area contributed by atoms with Crippen molar-refractivity contribution in [3.63, 3.8) is 0 Å². The Morgan fingerprint density at radius 2 is 2.16 bits per heavy atom. The minimum absolute atomic E-state index is 0.120. The summed E-state index contributed by atoms with van der Waals surface area (Å²) in [6.45, 7) is 2.12. The second kappa shape index (κ2) is 5.58. The van der Waals surface area contributed by atoms with E-state index in [2.05, 4.69) is 12.2 Å². The Hall–Kier alpha value is -0.960. The van der Waals surface area contributed by atoms with E-state index < -0.39 is 0 Å². The lowest BCUT2D eigenvalue weighted by molar-refractivity contribution is 0.0920. The molecule has 0 saturated heterocycles. The number of hydrogen-bond donors (Lipinski definition) is 1. The van der Waals surface area contributed by atoms with E-state index in [9.17, 15) is 4.79 Å². The fourth-order valence-electron chi connectivity index (χ4n) is 3.60. The van der Waals surface area contributed by atoms with Crippen LogP contribution in [0.15, 0.2) is 29.2 Å². The summed E-state index contributed by atoms with van der Waals surface area (Å²) in [4.78, 5) is 13.6. The minimum atomic E-state index is 0.120. The number of thioether (sulfide) groups is 1. The molecule has 2 fully saturated rings. The molecule has 0 unspecified atom stereocenters. The van der Waals surface area contributed by atoms with Gasteiger partial charge in [-0.1, -0.05) is 25.5 Å². The summed E-state index contributed by atoms with van der Waals surface area (Å²) >= 11 is 1.74. The Balaban J connectivity index is 1.70. The normalized spacial score (nSPS) is 28.6. The van der Waals surface area contributed by atoms with Gasteiger partial charge in [-0.2, -0.15) is 0 Å². The molecular formula is C16H21NOS. The van der Waals surface area contributed by atoms with Crippen LogP contribution in [-0.4, -0.2) is 17.7 Å². The van der Waals surface area contributed by atoms with Crippen LogP contribution >= 0.6 is 11.8 Å². The minimum Gasteiger partial charge on any atom is -0.349 e. The SMILES string of the molecule is CCSc1ccccc1C(=O)N[C@@H]1C[C@@H]2CC[C@@H]1C2. The van der Waals surface area contributed by atoms with Crippen LogP contribution in [0.2, 0.25) is 0 Å². The van der Waals surface area contributed by atoms with Crippen LogP contribution in [0.1, 0.15) is 43.0 Å². The molecule has 3 heteroatoms. The first-order chi connectivity index (χ1) is 9.28. The van der Waals surface area contributed by atoms with E-state index in [1.807, 2.05) is 24.3 Å². The maximum absolute atomic E-state index is 12.4. The van der Waals surface area contributed by atoms with Crippen molar-refractivity contribution in [3.8, 4) is 0 Å². The molecule has 2 saturated carbocycles. The van der Waals surface area contributed by atoms with Crippen LogP contribution in [-0.2, 0) is 0 Å². The van der Waals surface area contributed by atoms with Crippen molar-refractivity contribution in [1.29, 1.82) is 0 Å². The van der Waals surface area contributed by atoms with Crippen LogP contribution in [0.5, 0.6) is 0 Å². The summed E-state index contributed by atoms with van der Waals surface area (Å²) in [6, 6.07) is 8.37. The number of hydrogen-bond acceptors (Lipinski definition) is 2. The predicted molar refractivity (Wildman–Crippen MR) is 79.5 cm³/mol. The molecule has 19 heavy (non-hydrogen) atoms. The van der Waals surface area contributed by atoms with E-state index in [1.165, 1.54) is 25.7 Å². The Morgan fingerprint density at radius 1 is 1.32 bits per heavy atom. The predicted octanol–water partition coefficient (Wildman–Crippen LogP) is 3.72. The third kappa shape index (κ3) is 2.66. The highest BCUT2D eigenvalue weighted by Crippen LogP contribution is 2.44. The van der Waals surface area contributed by atoms with Gasteiger partial charge in [-0.25, -0.2) is 0 Å². The van der Waals surface area contributed by atoms with Gasteiger partial charge in [0.1, 0.15) is 0 Å². The number of nitrogens with one attached hydrogen (secondary N) is 1. The summed E-state index contributed by atoms with van der Waals surface area (Å²) in [5.41, 5.74) is 0.845. The number of carbonyl (C=O) groups excluding carboxylic acids is 1. The topological polar surface area (TPSA) is 29.1 Å². The van der Waals surface area contributed by atoms with Crippen molar-refractivity contribution in [2.45, 2.75) is 43.5 Å². The standard InChI is InChI=1S/C16H21NOS/c1-2-19-15-6-4-3-5-13(15)16(18)17-14-10-11-7-8-12(14)9-11/h3-6,11-12,14H,2,7-10H2,1H3,(H,17,18)/t11-,12-,14-/m1/s1. The second-order valence-electron chi connectivity index (χ2n) is 5.68. The number of carbonyl (C=O) groups is 1. The van der Waals surface area contributed by atoms with Gasteiger partial charge in [0.25, 0.3) is 5.91 Å². The van der Waals surface area contributed by atoms with Crippen molar-refractivity contribution in [2.24, 2.45) is 11.8 Å². The van der Waals surface area contributed by atoms with Gasteiger partial charge in [0.05, 0.1) is 5.56 Å². The third-order valence-corrected chi connectivity index (χ3v) is 5.44. The van der Waals surface area contributed by atoms with Crippen LogP contribution in [0, 0.1) is 11.8 Å². The summed E-state index contributed by atoms with van der Waals surface area (Å²) in [5, 5.41) is 3.27. The summed E-state index contributed by atoms with van der Waals surface area (Å²) in [6.07, 6.45) is 5.20. The van der Waals surface area contributed by atoms with E-state index >= 15 is 0 Å². The first kappa shape index (κ1) is 13.0. The molecule has 0 aromatic heterocycles. The van der Waals surface area contributed by atoms with Crippen LogP contribution in [0.4, 0.5) is 0 Å². The monoisotopic (exact) mass is 275 g/mol. The largest absolute Gasteiger partial charge is 0.349 e. The van der Waals surface area contributed by atoms with Crippen molar-refractivity contribution in [2.75, 3.05) is 5.75 Å². The Morgan fingerprint density at radius 3 is 2.84 bits per heavy atom. The molecule has 2 nitrogen and oxygen atoms in total. The molecule has 0 aliphatic heterocycles. The Bertz CT molecular complexity index is 474. The number of benzene rings is 1. The second-order valence-corrected chi connectivity index (χ2v) is 6.99. The van der Waals surface area contributed by atoms with Crippen molar-refractivity contribution in [1.82, 2.24) is 5.32 Å². The average molecular weight is 275 g/mol. The molecule has 3 atom stereocenters. The summed E-state index contributed by atoms with van der Waals surface area (Å²) in [7, 11) is 0. The van der Waals surface area contributed by atoms with Gasteiger partial charge in [-0.05, 0) is 49.0 Å². The number of fused-ring (bicyclic) bond motifs is 2. The number of rotatable bonds is 4. The molecule has 1 N–H and O–H groups in total. The fraction of sp³-hybridized carbons (Fsp3) is 0.562. The van der Waals surface area contributed by atoms with Gasteiger partial charge in [0.15, 0.2) is 0 Å². The highest BCUT2D eigenvalue weighted by Gasteiger charge is 2.40. The lowest BCUT2D eigenvalue weighted by atomic mass is 9.95. The smallest absolute Gasteiger partial charge is 0.252 e. The van der Waals surface area contributed by atoms with Gasteiger partial charge >= 0.3 is 0 Å². The molecule has 2 aliphatic carbocycles.